The number of aliphatic hydroxyl groups excluding tert-OH is 1. The molecule has 2 atom stereocenters. The molecule has 9 nitrogen and oxygen atoms in total. The Hall–Kier alpha value is -4.37. The van der Waals surface area contributed by atoms with Gasteiger partial charge in [0.2, 0.25) is 0 Å². The van der Waals surface area contributed by atoms with E-state index in [0.717, 1.165) is 27.8 Å². The second-order valence-electron chi connectivity index (χ2n) is 11.2. The van der Waals surface area contributed by atoms with Crippen molar-refractivity contribution < 1.29 is 33.7 Å². The van der Waals surface area contributed by atoms with Gasteiger partial charge in [-0.2, -0.15) is 0 Å². The van der Waals surface area contributed by atoms with Crippen LogP contribution < -0.4 is 10.6 Å². The first-order valence-corrected chi connectivity index (χ1v) is 14.1. The molecule has 0 saturated heterocycles. The molecular formula is C33H38N2O7. The third-order valence-corrected chi connectivity index (χ3v) is 6.81. The van der Waals surface area contributed by atoms with Crippen molar-refractivity contribution >= 4 is 18.2 Å². The zero-order chi connectivity index (χ0) is 30.1. The van der Waals surface area contributed by atoms with Crippen LogP contribution in [0.15, 0.2) is 78.9 Å². The van der Waals surface area contributed by atoms with E-state index in [2.05, 4.69) is 22.8 Å². The van der Waals surface area contributed by atoms with Crippen molar-refractivity contribution in [2.45, 2.75) is 63.9 Å². The number of amides is 2. The van der Waals surface area contributed by atoms with E-state index in [9.17, 15) is 19.5 Å². The van der Waals surface area contributed by atoms with Crippen molar-refractivity contribution in [3.8, 4) is 11.1 Å². The summed E-state index contributed by atoms with van der Waals surface area (Å²) >= 11 is 0. The molecule has 0 bridgehead atoms. The highest BCUT2D eigenvalue weighted by molar-refractivity contribution is 5.82. The van der Waals surface area contributed by atoms with Crippen LogP contribution in [-0.2, 0) is 25.6 Å². The van der Waals surface area contributed by atoms with Crippen molar-refractivity contribution in [2.24, 2.45) is 0 Å². The maximum absolute atomic E-state index is 13.0. The Morgan fingerprint density at radius 1 is 0.810 bits per heavy atom. The van der Waals surface area contributed by atoms with Crippen LogP contribution in [-0.4, -0.2) is 54.2 Å². The Morgan fingerprint density at radius 2 is 1.40 bits per heavy atom. The quantitative estimate of drug-likeness (QED) is 0.210. The van der Waals surface area contributed by atoms with E-state index in [0.29, 0.717) is 0 Å². The van der Waals surface area contributed by atoms with Gasteiger partial charge >= 0.3 is 18.2 Å². The largest absolute Gasteiger partial charge is 0.459 e. The topological polar surface area (TPSA) is 123 Å². The van der Waals surface area contributed by atoms with Crippen molar-refractivity contribution in [1.82, 2.24) is 10.6 Å². The fourth-order valence-corrected chi connectivity index (χ4v) is 4.84. The molecule has 9 heteroatoms. The molecule has 0 aliphatic heterocycles. The Kier molecular flexibility index (Phi) is 10.2. The first kappa shape index (κ1) is 30.6. The molecule has 2 amide bonds. The maximum atomic E-state index is 13.0. The van der Waals surface area contributed by atoms with Crippen LogP contribution in [0.1, 0.15) is 56.2 Å². The number of aliphatic hydroxyl groups is 1. The minimum atomic E-state index is -1.07. The molecule has 0 radical (unpaired) electrons. The summed E-state index contributed by atoms with van der Waals surface area (Å²) in [5.74, 6) is -0.785. The summed E-state index contributed by atoms with van der Waals surface area (Å²) in [5, 5.41) is 15.6. The summed E-state index contributed by atoms with van der Waals surface area (Å²) in [5.41, 5.74) is 4.50. The fourth-order valence-electron chi connectivity index (χ4n) is 4.84. The van der Waals surface area contributed by atoms with Crippen LogP contribution >= 0.6 is 0 Å². The normalized spacial score (nSPS) is 13.7. The summed E-state index contributed by atoms with van der Waals surface area (Å²) < 4.78 is 16.3. The van der Waals surface area contributed by atoms with E-state index in [1.54, 1.807) is 20.8 Å². The molecule has 4 rings (SSSR count). The summed E-state index contributed by atoms with van der Waals surface area (Å²) in [4.78, 5) is 37.9. The Labute approximate surface area is 246 Å². The average Bonchev–Trinajstić information content (AvgIpc) is 3.29. The minimum absolute atomic E-state index is 0.0330. The second kappa shape index (κ2) is 14.0. The molecule has 3 aromatic carbocycles. The van der Waals surface area contributed by atoms with Crippen LogP contribution in [0.4, 0.5) is 9.59 Å². The van der Waals surface area contributed by atoms with Crippen LogP contribution in [0.5, 0.6) is 0 Å². The van der Waals surface area contributed by atoms with Crippen molar-refractivity contribution in [3.63, 3.8) is 0 Å². The van der Waals surface area contributed by atoms with Crippen LogP contribution in [0.3, 0.4) is 0 Å². The number of alkyl carbamates (subject to hydrolysis) is 2. The molecule has 1 aliphatic carbocycles. The van der Waals surface area contributed by atoms with E-state index in [1.165, 1.54) is 0 Å². The predicted octanol–water partition coefficient (Wildman–Crippen LogP) is 5.30. The Bertz CT molecular complexity index is 1320. The molecule has 42 heavy (non-hydrogen) atoms. The smallest absolute Gasteiger partial charge is 0.407 e. The summed E-state index contributed by atoms with van der Waals surface area (Å²) in [6.45, 7) is 5.27. The number of rotatable bonds is 11. The van der Waals surface area contributed by atoms with E-state index in [1.807, 2.05) is 66.7 Å². The lowest BCUT2D eigenvalue weighted by Gasteiger charge is -2.22. The van der Waals surface area contributed by atoms with Gasteiger partial charge in [0, 0.05) is 12.5 Å². The number of nitrogens with one attached hydrogen (secondary N) is 2. The molecule has 3 N–H and O–H groups in total. The monoisotopic (exact) mass is 574 g/mol. The van der Waals surface area contributed by atoms with Crippen molar-refractivity contribution in [2.75, 3.05) is 13.2 Å². The lowest BCUT2D eigenvalue weighted by atomic mass is 9.98. The van der Waals surface area contributed by atoms with Crippen LogP contribution in [0.25, 0.3) is 11.1 Å². The predicted molar refractivity (Wildman–Crippen MR) is 158 cm³/mol. The number of benzene rings is 3. The molecule has 0 fully saturated rings. The van der Waals surface area contributed by atoms with E-state index < -0.39 is 35.9 Å². The molecule has 0 spiro atoms. The fraction of sp³-hybridized carbons (Fsp3) is 0.364. The summed E-state index contributed by atoms with van der Waals surface area (Å²) in [7, 11) is 0. The van der Waals surface area contributed by atoms with Gasteiger partial charge in [0.15, 0.2) is 0 Å². The molecule has 0 saturated carbocycles. The zero-order valence-electron chi connectivity index (χ0n) is 24.2. The second-order valence-corrected chi connectivity index (χ2v) is 11.2. The molecule has 0 heterocycles. The first-order chi connectivity index (χ1) is 20.1. The molecule has 3 aromatic rings. The van der Waals surface area contributed by atoms with Gasteiger partial charge in [0.25, 0.3) is 0 Å². The lowest BCUT2D eigenvalue weighted by Crippen LogP contribution is -2.43. The van der Waals surface area contributed by atoms with Gasteiger partial charge in [-0.25, -0.2) is 14.4 Å². The first-order valence-electron chi connectivity index (χ1n) is 14.1. The van der Waals surface area contributed by atoms with Gasteiger partial charge in [-0.1, -0.05) is 78.9 Å². The number of hydrogen-bond donors (Lipinski definition) is 3. The van der Waals surface area contributed by atoms with Gasteiger partial charge in [0.1, 0.15) is 24.9 Å². The molecule has 0 aromatic heterocycles. The third-order valence-electron chi connectivity index (χ3n) is 6.81. The Balaban J connectivity index is 1.35. The van der Waals surface area contributed by atoms with Crippen LogP contribution in [0, 0.1) is 0 Å². The number of esters is 1. The van der Waals surface area contributed by atoms with Gasteiger partial charge in [-0.15, -0.1) is 0 Å². The standard InChI is InChI=1S/C33H38N2O7/c1-33(2,3)42-31(38)34-19-23(36)17-18-29(30(37)40-20-22-11-5-4-6-12-22)35-32(39)41-21-28-26-15-9-7-13-24(26)25-14-8-10-16-27(25)28/h4-16,23,28-29,36H,17-21H2,1-3H3,(H,34,38)(H,35,39)/t23-,29+/m1/s1. The number of carbonyl (C=O) groups excluding carboxylic acids is 3. The van der Waals surface area contributed by atoms with Gasteiger partial charge in [-0.3, -0.25) is 0 Å². The molecule has 0 unspecified atom stereocenters. The number of carbonyl (C=O) groups is 3. The Morgan fingerprint density at radius 3 is 2.02 bits per heavy atom. The maximum Gasteiger partial charge on any atom is 0.407 e. The number of fused-ring (bicyclic) bond motifs is 3. The van der Waals surface area contributed by atoms with Gasteiger partial charge in [-0.05, 0) is 61.4 Å². The van der Waals surface area contributed by atoms with Crippen molar-refractivity contribution in [3.05, 3.63) is 95.6 Å². The van der Waals surface area contributed by atoms with Crippen LogP contribution in [0.2, 0.25) is 0 Å². The lowest BCUT2D eigenvalue weighted by molar-refractivity contribution is -0.147. The molecular weight excluding hydrogens is 536 g/mol. The third kappa shape index (κ3) is 8.57. The average molecular weight is 575 g/mol. The van der Waals surface area contributed by atoms with Gasteiger partial charge < -0.3 is 30.0 Å². The minimum Gasteiger partial charge on any atom is -0.459 e. The molecule has 1 aliphatic rings. The summed E-state index contributed by atoms with van der Waals surface area (Å²) in [6, 6.07) is 24.2. The molecule has 222 valence electrons. The van der Waals surface area contributed by atoms with Crippen molar-refractivity contribution in [1.29, 1.82) is 0 Å². The zero-order valence-corrected chi connectivity index (χ0v) is 24.2. The number of ether oxygens (including phenoxy) is 3. The van der Waals surface area contributed by atoms with E-state index in [-0.39, 0.29) is 38.5 Å². The highest BCUT2D eigenvalue weighted by Gasteiger charge is 2.30. The highest BCUT2D eigenvalue weighted by Crippen LogP contribution is 2.44. The summed E-state index contributed by atoms with van der Waals surface area (Å²) in [6.07, 6.45) is -2.23. The van der Waals surface area contributed by atoms with Gasteiger partial charge in [0.05, 0.1) is 6.10 Å². The van der Waals surface area contributed by atoms with E-state index >= 15 is 0 Å². The highest BCUT2D eigenvalue weighted by atomic mass is 16.6. The van der Waals surface area contributed by atoms with E-state index in [4.69, 9.17) is 14.2 Å². The SMILES string of the molecule is CC(C)(C)OC(=O)NC[C@H](O)CC[C@H](NC(=O)OCC1c2ccccc2-c2ccccc21)C(=O)OCc1ccccc1. The number of hydrogen-bond acceptors (Lipinski definition) is 7.